The Morgan fingerprint density at radius 3 is 2.92 bits per heavy atom. The lowest BCUT2D eigenvalue weighted by atomic mass is 9.84. The van der Waals surface area contributed by atoms with Crippen molar-refractivity contribution < 1.29 is 4.79 Å². The largest absolute Gasteiger partial charge is 0.358 e. The highest BCUT2D eigenvalue weighted by atomic mass is 16.2. The third-order valence-electron chi connectivity index (χ3n) is 4.91. The summed E-state index contributed by atoms with van der Waals surface area (Å²) in [5.74, 6) is 0.664. The molecule has 1 aliphatic carbocycles. The highest BCUT2D eigenvalue weighted by Gasteiger charge is 2.24. The van der Waals surface area contributed by atoms with E-state index in [9.17, 15) is 4.79 Å². The third kappa shape index (κ3) is 3.16. The summed E-state index contributed by atoms with van der Waals surface area (Å²) in [7, 11) is 0. The van der Waals surface area contributed by atoms with E-state index < -0.39 is 0 Å². The smallest absolute Gasteiger partial charge is 0.272 e. The van der Waals surface area contributed by atoms with Gasteiger partial charge < -0.3 is 10.3 Å². The van der Waals surface area contributed by atoms with Gasteiger partial charge in [0.1, 0.15) is 6.33 Å². The number of hydrogen-bond acceptors (Lipinski definition) is 5. The van der Waals surface area contributed by atoms with Gasteiger partial charge in [-0.3, -0.25) is 9.36 Å². The van der Waals surface area contributed by atoms with Crippen molar-refractivity contribution in [2.24, 2.45) is 5.92 Å². The minimum atomic E-state index is -0.204. The number of hydrogen-bond donors (Lipinski definition) is 2. The zero-order valence-corrected chi connectivity index (χ0v) is 14.2. The maximum Gasteiger partial charge on any atom is 0.272 e. The lowest BCUT2D eigenvalue weighted by Crippen LogP contribution is -2.38. The normalized spacial score (nSPS) is 20.0. The second-order valence-electron chi connectivity index (χ2n) is 6.63. The molecule has 132 valence electrons. The van der Waals surface area contributed by atoms with Crippen molar-refractivity contribution in [1.29, 1.82) is 5.26 Å². The van der Waals surface area contributed by atoms with Crippen LogP contribution in [0.25, 0.3) is 17.0 Å². The first-order valence-corrected chi connectivity index (χ1v) is 8.76. The highest BCUT2D eigenvalue weighted by molar-refractivity contribution is 6.03. The van der Waals surface area contributed by atoms with Gasteiger partial charge in [0.2, 0.25) is 5.95 Å². The van der Waals surface area contributed by atoms with Crippen molar-refractivity contribution in [3.63, 3.8) is 0 Å². The lowest BCUT2D eigenvalue weighted by Gasteiger charge is -2.27. The van der Waals surface area contributed by atoms with Crippen molar-refractivity contribution in [1.82, 2.24) is 29.8 Å². The van der Waals surface area contributed by atoms with Gasteiger partial charge in [-0.15, -0.1) is 0 Å². The van der Waals surface area contributed by atoms with Crippen LogP contribution in [-0.2, 0) is 0 Å². The van der Waals surface area contributed by atoms with Gasteiger partial charge in [-0.1, -0.05) is 0 Å². The van der Waals surface area contributed by atoms with Crippen LogP contribution in [0.3, 0.4) is 0 Å². The summed E-state index contributed by atoms with van der Waals surface area (Å²) >= 11 is 0. The second-order valence-corrected chi connectivity index (χ2v) is 6.63. The topological polar surface area (TPSA) is 112 Å². The van der Waals surface area contributed by atoms with Crippen LogP contribution >= 0.6 is 0 Å². The second kappa shape index (κ2) is 6.96. The molecule has 4 rings (SSSR count). The first-order valence-electron chi connectivity index (χ1n) is 8.76. The van der Waals surface area contributed by atoms with Crippen LogP contribution in [-0.4, -0.2) is 36.5 Å². The molecule has 1 amide bonds. The minimum Gasteiger partial charge on any atom is -0.358 e. The zero-order chi connectivity index (χ0) is 17.9. The Bertz CT molecular complexity index is 946. The molecule has 3 aromatic heterocycles. The Balaban J connectivity index is 1.55. The Morgan fingerprint density at radius 1 is 1.35 bits per heavy atom. The van der Waals surface area contributed by atoms with E-state index in [4.69, 9.17) is 5.26 Å². The number of amides is 1. The molecule has 3 heterocycles. The van der Waals surface area contributed by atoms with Gasteiger partial charge in [-0.25, -0.2) is 15.0 Å². The Kier molecular flexibility index (Phi) is 4.35. The molecule has 0 aliphatic heterocycles. The van der Waals surface area contributed by atoms with Crippen LogP contribution in [0.2, 0.25) is 0 Å². The number of aromatic amines is 1. The Morgan fingerprint density at radius 2 is 2.19 bits per heavy atom. The molecule has 0 aromatic carbocycles. The summed E-state index contributed by atoms with van der Waals surface area (Å²) < 4.78 is 1.68. The number of nitriles is 1. The number of carbonyl (C=O) groups excluding carboxylic acids is 1. The van der Waals surface area contributed by atoms with Gasteiger partial charge in [0.25, 0.3) is 5.91 Å². The molecule has 0 radical (unpaired) electrons. The van der Waals surface area contributed by atoms with Crippen LogP contribution < -0.4 is 5.32 Å². The predicted molar refractivity (Wildman–Crippen MR) is 94.5 cm³/mol. The molecule has 8 nitrogen and oxygen atoms in total. The molecular weight excluding hydrogens is 330 g/mol. The van der Waals surface area contributed by atoms with Crippen molar-refractivity contribution in [3.8, 4) is 12.0 Å². The van der Waals surface area contributed by atoms with E-state index in [2.05, 4.69) is 31.3 Å². The average molecular weight is 349 g/mol. The van der Waals surface area contributed by atoms with Crippen molar-refractivity contribution >= 4 is 16.9 Å². The summed E-state index contributed by atoms with van der Waals surface area (Å²) in [5.41, 5.74) is 1.65. The average Bonchev–Trinajstić information content (AvgIpc) is 3.34. The minimum absolute atomic E-state index is 0.120. The first kappa shape index (κ1) is 16.3. The number of nitrogens with one attached hydrogen (secondary N) is 2. The van der Waals surface area contributed by atoms with Gasteiger partial charge in [-0.05, 0) is 37.7 Å². The Hall–Kier alpha value is -3.21. The fourth-order valence-corrected chi connectivity index (χ4v) is 3.48. The van der Waals surface area contributed by atoms with E-state index in [1.165, 1.54) is 0 Å². The lowest BCUT2D eigenvalue weighted by molar-refractivity contribution is 0.0918. The molecule has 0 unspecified atom stereocenters. The van der Waals surface area contributed by atoms with Crippen molar-refractivity contribution in [3.05, 3.63) is 36.7 Å². The Labute approximate surface area is 150 Å². The van der Waals surface area contributed by atoms with E-state index in [1.54, 1.807) is 29.5 Å². The molecule has 2 N–H and O–H groups in total. The van der Waals surface area contributed by atoms with E-state index in [0.29, 0.717) is 35.0 Å². The number of nitrogens with zero attached hydrogens (tertiary/aromatic N) is 5. The van der Waals surface area contributed by atoms with Gasteiger partial charge in [-0.2, -0.15) is 5.26 Å². The quantitative estimate of drug-likeness (QED) is 0.751. The van der Waals surface area contributed by atoms with Crippen LogP contribution in [0.4, 0.5) is 0 Å². The number of carbonyl (C=O) groups is 1. The molecule has 0 spiro atoms. The van der Waals surface area contributed by atoms with E-state index in [0.717, 1.165) is 25.7 Å². The zero-order valence-electron chi connectivity index (χ0n) is 14.2. The van der Waals surface area contributed by atoms with Gasteiger partial charge >= 0.3 is 0 Å². The predicted octanol–water partition coefficient (Wildman–Crippen LogP) is 2.35. The number of H-pyrrole nitrogens is 1. The monoisotopic (exact) mass is 349 g/mol. The molecule has 1 aliphatic rings. The number of aromatic nitrogens is 5. The number of fused-ring (bicyclic) bond motifs is 1. The SMILES string of the molecule is N#CCC1CCC(NC(=O)c2nc(-n3ccnc3)nc3cc[nH]c23)CC1. The van der Waals surface area contributed by atoms with Gasteiger partial charge in [0, 0.05) is 31.1 Å². The fraction of sp³-hybridized carbons (Fsp3) is 0.389. The van der Waals surface area contributed by atoms with E-state index in [1.807, 2.05) is 6.07 Å². The summed E-state index contributed by atoms with van der Waals surface area (Å²) in [6.07, 6.45) is 11.1. The van der Waals surface area contributed by atoms with Crippen LogP contribution in [0.15, 0.2) is 31.0 Å². The van der Waals surface area contributed by atoms with Crippen molar-refractivity contribution in [2.75, 3.05) is 0 Å². The summed E-state index contributed by atoms with van der Waals surface area (Å²) in [4.78, 5) is 28.8. The van der Waals surface area contributed by atoms with Crippen LogP contribution in [0, 0.1) is 17.2 Å². The summed E-state index contributed by atoms with van der Waals surface area (Å²) in [5, 5.41) is 11.9. The highest BCUT2D eigenvalue weighted by Crippen LogP contribution is 2.27. The molecule has 8 heteroatoms. The molecule has 26 heavy (non-hydrogen) atoms. The maximum absolute atomic E-state index is 12.9. The fourth-order valence-electron chi connectivity index (χ4n) is 3.48. The number of imidazole rings is 1. The van der Waals surface area contributed by atoms with Crippen LogP contribution in [0.1, 0.15) is 42.6 Å². The first-order chi connectivity index (χ1) is 12.7. The van der Waals surface area contributed by atoms with Gasteiger partial charge in [0.15, 0.2) is 5.69 Å². The van der Waals surface area contributed by atoms with E-state index in [-0.39, 0.29) is 11.9 Å². The molecular formula is C18H19N7O. The van der Waals surface area contributed by atoms with Crippen molar-refractivity contribution in [2.45, 2.75) is 38.1 Å². The summed E-state index contributed by atoms with van der Waals surface area (Å²) in [6, 6.07) is 4.18. The van der Waals surface area contributed by atoms with Crippen LogP contribution in [0.5, 0.6) is 0 Å². The van der Waals surface area contributed by atoms with Gasteiger partial charge in [0.05, 0.1) is 17.1 Å². The molecule has 0 atom stereocenters. The molecule has 3 aromatic rings. The maximum atomic E-state index is 12.9. The molecule has 1 saturated carbocycles. The molecule has 0 saturated heterocycles. The summed E-state index contributed by atoms with van der Waals surface area (Å²) in [6.45, 7) is 0. The number of rotatable bonds is 4. The third-order valence-corrected chi connectivity index (χ3v) is 4.91. The van der Waals surface area contributed by atoms with E-state index >= 15 is 0 Å². The molecule has 1 fully saturated rings. The molecule has 0 bridgehead atoms. The standard InChI is InChI=1S/C18H19N7O/c19-7-5-12-1-3-13(4-2-12)22-17(26)16-15-14(6-8-21-15)23-18(24-16)25-10-9-20-11-25/h6,8-13,21H,1-5H2,(H,22,26).